The fourth-order valence-corrected chi connectivity index (χ4v) is 2.99. The third-order valence-corrected chi connectivity index (χ3v) is 4.18. The Balaban J connectivity index is 0.00000225. The number of imidazole rings is 1. The van der Waals surface area contributed by atoms with Crippen molar-refractivity contribution in [3.63, 3.8) is 0 Å². The zero-order chi connectivity index (χ0) is 17.2. The smallest absolute Gasteiger partial charge is 0.333 e. The van der Waals surface area contributed by atoms with Gasteiger partial charge in [-0.2, -0.15) is 13.2 Å². The second-order valence-electron chi connectivity index (χ2n) is 4.96. The number of fused-ring (bicyclic) bond motifs is 1. The van der Waals surface area contributed by atoms with Crippen molar-refractivity contribution in [3.05, 3.63) is 54.1 Å². The number of benzene rings is 2. The van der Waals surface area contributed by atoms with E-state index in [0.717, 1.165) is 11.0 Å². The standard InChI is InChI=1S/C16H12F3N3OS.BrH/c17-16(18,19)14(23)20-11-6-2-1-5-10(11)9-24-15-21-12-7-3-4-8-13(12)22-15;/h1-8H,9H2,(H,20,23)(H,21,22);1H. The molecular formula is C16H13BrF3N3OS. The lowest BCUT2D eigenvalue weighted by molar-refractivity contribution is -0.167. The predicted molar refractivity (Wildman–Crippen MR) is 97.1 cm³/mol. The van der Waals surface area contributed by atoms with Gasteiger partial charge in [0.2, 0.25) is 0 Å². The van der Waals surface area contributed by atoms with Crippen LogP contribution in [0.25, 0.3) is 11.0 Å². The molecule has 3 aromatic rings. The van der Waals surface area contributed by atoms with Crippen LogP contribution in [0.5, 0.6) is 0 Å². The summed E-state index contributed by atoms with van der Waals surface area (Å²) in [6.45, 7) is 0. The highest BCUT2D eigenvalue weighted by Crippen LogP contribution is 2.27. The number of nitrogens with zero attached hydrogens (tertiary/aromatic N) is 1. The molecule has 25 heavy (non-hydrogen) atoms. The number of para-hydroxylation sites is 3. The van der Waals surface area contributed by atoms with Crippen LogP contribution < -0.4 is 5.32 Å². The lowest BCUT2D eigenvalue weighted by Crippen LogP contribution is -2.30. The number of aromatic amines is 1. The Kier molecular flexibility index (Phi) is 6.12. The predicted octanol–water partition coefficient (Wildman–Crippen LogP) is 4.93. The van der Waals surface area contributed by atoms with Crippen LogP contribution in [-0.4, -0.2) is 22.1 Å². The number of rotatable bonds is 4. The topological polar surface area (TPSA) is 57.8 Å². The van der Waals surface area contributed by atoms with Gasteiger partial charge in [0.1, 0.15) is 0 Å². The van der Waals surface area contributed by atoms with Crippen molar-refractivity contribution < 1.29 is 18.0 Å². The van der Waals surface area contributed by atoms with E-state index >= 15 is 0 Å². The number of aromatic nitrogens is 2. The average molecular weight is 432 g/mol. The zero-order valence-corrected chi connectivity index (χ0v) is 15.2. The molecule has 2 N–H and O–H groups in total. The lowest BCUT2D eigenvalue weighted by atomic mass is 10.2. The number of anilines is 1. The summed E-state index contributed by atoms with van der Waals surface area (Å²) in [7, 11) is 0. The number of halogens is 4. The first-order valence-corrected chi connectivity index (χ1v) is 7.95. The first-order chi connectivity index (χ1) is 11.4. The van der Waals surface area contributed by atoms with E-state index in [0.29, 0.717) is 16.5 Å². The number of hydrogen-bond acceptors (Lipinski definition) is 3. The highest BCUT2D eigenvalue weighted by Gasteiger charge is 2.38. The van der Waals surface area contributed by atoms with Crippen molar-refractivity contribution in [2.45, 2.75) is 17.1 Å². The van der Waals surface area contributed by atoms with Gasteiger partial charge in [-0.25, -0.2) is 4.98 Å². The molecule has 0 aliphatic heterocycles. The van der Waals surface area contributed by atoms with Gasteiger partial charge in [0, 0.05) is 11.4 Å². The van der Waals surface area contributed by atoms with E-state index in [1.54, 1.807) is 18.2 Å². The van der Waals surface area contributed by atoms with E-state index in [2.05, 4.69) is 9.97 Å². The maximum Gasteiger partial charge on any atom is 0.471 e. The van der Waals surface area contributed by atoms with Gasteiger partial charge in [0.25, 0.3) is 0 Å². The second kappa shape index (κ2) is 7.92. The van der Waals surface area contributed by atoms with Crippen molar-refractivity contribution in [2.24, 2.45) is 0 Å². The molecule has 3 rings (SSSR count). The number of nitrogens with one attached hydrogen (secondary N) is 2. The summed E-state index contributed by atoms with van der Waals surface area (Å²) in [6.07, 6.45) is -4.92. The largest absolute Gasteiger partial charge is 0.471 e. The minimum atomic E-state index is -4.92. The van der Waals surface area contributed by atoms with Crippen molar-refractivity contribution >= 4 is 51.4 Å². The molecule has 0 bridgehead atoms. The van der Waals surface area contributed by atoms with Crippen LogP contribution in [0.1, 0.15) is 5.56 Å². The van der Waals surface area contributed by atoms with Crippen LogP contribution in [0.15, 0.2) is 53.7 Å². The summed E-state index contributed by atoms with van der Waals surface area (Å²) in [4.78, 5) is 18.6. The van der Waals surface area contributed by atoms with Crippen LogP contribution in [-0.2, 0) is 10.5 Å². The zero-order valence-electron chi connectivity index (χ0n) is 12.6. The van der Waals surface area contributed by atoms with Crippen LogP contribution >= 0.6 is 28.7 Å². The molecule has 4 nitrogen and oxygen atoms in total. The number of hydrogen-bond donors (Lipinski definition) is 2. The number of carbonyl (C=O) groups excluding carboxylic acids is 1. The SMILES string of the molecule is Br.O=C(Nc1ccccc1CSc1nc2ccccc2[nH]1)C(F)(F)F. The van der Waals surface area contributed by atoms with Crippen molar-refractivity contribution in [1.82, 2.24) is 9.97 Å². The van der Waals surface area contributed by atoms with Crippen LogP contribution in [0.3, 0.4) is 0 Å². The van der Waals surface area contributed by atoms with E-state index in [-0.39, 0.29) is 22.7 Å². The van der Waals surface area contributed by atoms with Crippen LogP contribution in [0, 0.1) is 0 Å². The molecule has 0 saturated carbocycles. The molecule has 0 radical (unpaired) electrons. The Morgan fingerprint density at radius 3 is 2.52 bits per heavy atom. The number of carbonyl (C=O) groups is 1. The van der Waals surface area contributed by atoms with Gasteiger partial charge in [-0.05, 0) is 23.8 Å². The quantitative estimate of drug-likeness (QED) is 0.575. The Labute approximate surface area is 156 Å². The lowest BCUT2D eigenvalue weighted by Gasteiger charge is -2.11. The fraction of sp³-hybridized carbons (Fsp3) is 0.125. The molecule has 0 fully saturated rings. The monoisotopic (exact) mass is 431 g/mol. The second-order valence-corrected chi connectivity index (χ2v) is 5.92. The molecular weight excluding hydrogens is 419 g/mol. The Morgan fingerprint density at radius 1 is 1.12 bits per heavy atom. The normalized spacial score (nSPS) is 11.2. The van der Waals surface area contributed by atoms with Crippen molar-refractivity contribution in [2.75, 3.05) is 5.32 Å². The van der Waals surface area contributed by atoms with E-state index in [9.17, 15) is 18.0 Å². The van der Waals surface area contributed by atoms with Gasteiger partial charge in [-0.15, -0.1) is 17.0 Å². The highest BCUT2D eigenvalue weighted by atomic mass is 79.9. The molecule has 0 atom stereocenters. The summed E-state index contributed by atoms with van der Waals surface area (Å²) in [5.74, 6) is -1.61. The van der Waals surface area contributed by atoms with E-state index < -0.39 is 12.1 Å². The molecule has 2 aromatic carbocycles. The summed E-state index contributed by atoms with van der Waals surface area (Å²) >= 11 is 1.35. The average Bonchev–Trinajstić information content (AvgIpc) is 2.96. The summed E-state index contributed by atoms with van der Waals surface area (Å²) < 4.78 is 37.2. The van der Waals surface area contributed by atoms with Gasteiger partial charge in [0.05, 0.1) is 11.0 Å². The number of H-pyrrole nitrogens is 1. The van der Waals surface area contributed by atoms with Crippen LogP contribution in [0.4, 0.5) is 18.9 Å². The Morgan fingerprint density at radius 2 is 1.80 bits per heavy atom. The molecule has 0 aliphatic rings. The highest BCUT2D eigenvalue weighted by molar-refractivity contribution is 8.93. The van der Waals surface area contributed by atoms with Gasteiger partial charge in [-0.1, -0.05) is 42.1 Å². The molecule has 132 valence electrons. The van der Waals surface area contributed by atoms with E-state index in [1.165, 1.54) is 17.8 Å². The fourth-order valence-electron chi connectivity index (χ4n) is 2.11. The summed E-state index contributed by atoms with van der Waals surface area (Å²) in [5.41, 5.74) is 2.43. The summed E-state index contributed by atoms with van der Waals surface area (Å²) in [5, 5.41) is 2.57. The molecule has 1 heterocycles. The molecule has 1 aromatic heterocycles. The summed E-state index contributed by atoms with van der Waals surface area (Å²) in [6, 6.07) is 13.9. The third kappa shape index (κ3) is 4.76. The van der Waals surface area contributed by atoms with Gasteiger partial charge in [0.15, 0.2) is 5.16 Å². The maximum atomic E-state index is 12.4. The number of thioether (sulfide) groups is 1. The van der Waals surface area contributed by atoms with Crippen LogP contribution in [0.2, 0.25) is 0 Å². The minimum absolute atomic E-state index is 0. The van der Waals surface area contributed by atoms with Crippen molar-refractivity contribution in [1.29, 1.82) is 0 Å². The van der Waals surface area contributed by atoms with E-state index in [1.807, 2.05) is 29.6 Å². The van der Waals surface area contributed by atoms with Gasteiger partial charge >= 0.3 is 12.1 Å². The Hall–Kier alpha value is -2.00. The third-order valence-electron chi connectivity index (χ3n) is 3.26. The molecule has 1 amide bonds. The number of alkyl halides is 3. The molecule has 0 saturated heterocycles. The first kappa shape index (κ1) is 19.3. The van der Waals surface area contributed by atoms with Crippen molar-refractivity contribution in [3.8, 4) is 0 Å². The van der Waals surface area contributed by atoms with E-state index in [4.69, 9.17) is 0 Å². The Bertz CT molecular complexity index is 849. The minimum Gasteiger partial charge on any atom is -0.333 e. The molecule has 0 unspecified atom stereocenters. The molecule has 9 heteroatoms. The molecule has 0 spiro atoms. The van der Waals surface area contributed by atoms with Gasteiger partial charge < -0.3 is 10.3 Å². The molecule has 0 aliphatic carbocycles. The number of amides is 1. The first-order valence-electron chi connectivity index (χ1n) is 6.97. The maximum absolute atomic E-state index is 12.4. The van der Waals surface area contributed by atoms with Gasteiger partial charge in [-0.3, -0.25) is 4.79 Å².